The first-order valence-corrected chi connectivity index (χ1v) is 8.89. The van der Waals surface area contributed by atoms with E-state index in [1.807, 2.05) is 20.8 Å². The van der Waals surface area contributed by atoms with Crippen molar-refractivity contribution in [1.29, 1.82) is 0 Å². The van der Waals surface area contributed by atoms with Gasteiger partial charge in [0.25, 0.3) is 5.91 Å². The van der Waals surface area contributed by atoms with Crippen molar-refractivity contribution >= 4 is 28.7 Å². The largest absolute Gasteiger partial charge is 0.494 e. The number of carboxylic acids is 1. The molecule has 2 N–H and O–H groups in total. The molecule has 150 valence electrons. The molecule has 2 aromatic rings. The molecule has 1 amide bonds. The van der Waals surface area contributed by atoms with Crippen molar-refractivity contribution in [3.63, 3.8) is 0 Å². The molecule has 0 fully saturated rings. The van der Waals surface area contributed by atoms with Gasteiger partial charge in [0.2, 0.25) is 0 Å². The summed E-state index contributed by atoms with van der Waals surface area (Å²) in [5, 5.41) is 11.6. The topological polar surface area (TPSA) is 115 Å². The molecule has 1 aromatic heterocycles. The average molecular weight is 388 g/mol. The number of amides is 1. The van der Waals surface area contributed by atoms with E-state index in [-0.39, 0.29) is 12.4 Å². The highest BCUT2D eigenvalue weighted by molar-refractivity contribution is 6.06. The molecule has 0 aliphatic heterocycles. The first-order chi connectivity index (χ1) is 13.2. The summed E-state index contributed by atoms with van der Waals surface area (Å²) in [6, 6.07) is 6.63. The Labute approximate surface area is 162 Å². The summed E-state index contributed by atoms with van der Waals surface area (Å²) in [5.41, 5.74) is 0.385. The molecule has 0 radical (unpaired) electrons. The maximum absolute atomic E-state index is 12.2. The number of fused-ring (bicyclic) bond motifs is 1. The zero-order valence-electron chi connectivity index (χ0n) is 16.2. The van der Waals surface area contributed by atoms with Crippen molar-refractivity contribution < 1.29 is 29.0 Å². The van der Waals surface area contributed by atoms with Crippen molar-refractivity contribution in [2.45, 2.75) is 39.2 Å². The highest BCUT2D eigenvalue weighted by Gasteiger charge is 2.16. The minimum atomic E-state index is -1.12. The average Bonchev–Trinajstić information content (AvgIpc) is 2.61. The van der Waals surface area contributed by atoms with Crippen LogP contribution in [0, 0.1) is 0 Å². The van der Waals surface area contributed by atoms with Crippen LogP contribution >= 0.6 is 0 Å². The van der Waals surface area contributed by atoms with Crippen LogP contribution in [-0.2, 0) is 14.3 Å². The Kier molecular flexibility index (Phi) is 6.92. The van der Waals surface area contributed by atoms with E-state index in [1.165, 1.54) is 12.3 Å². The number of esters is 1. The van der Waals surface area contributed by atoms with Crippen LogP contribution in [0.1, 0.15) is 44.0 Å². The lowest BCUT2D eigenvalue weighted by atomic mass is 10.1. The van der Waals surface area contributed by atoms with Gasteiger partial charge in [0.1, 0.15) is 17.9 Å². The summed E-state index contributed by atoms with van der Waals surface area (Å²) < 4.78 is 10.9. The molecule has 0 saturated carbocycles. The van der Waals surface area contributed by atoms with Crippen molar-refractivity contribution in [3.8, 4) is 5.75 Å². The molecule has 0 bridgehead atoms. The van der Waals surface area contributed by atoms with E-state index in [1.54, 1.807) is 18.2 Å². The number of rotatable bonds is 8. The van der Waals surface area contributed by atoms with E-state index in [0.29, 0.717) is 35.2 Å². The second kappa shape index (κ2) is 9.16. The zero-order valence-corrected chi connectivity index (χ0v) is 16.2. The van der Waals surface area contributed by atoms with E-state index >= 15 is 0 Å². The summed E-state index contributed by atoms with van der Waals surface area (Å²) >= 11 is 0. The Bertz CT molecular complexity index is 873. The number of hydrogen-bond acceptors (Lipinski definition) is 6. The van der Waals surface area contributed by atoms with Gasteiger partial charge >= 0.3 is 11.9 Å². The van der Waals surface area contributed by atoms with E-state index < -0.39 is 24.0 Å². The lowest BCUT2D eigenvalue weighted by Crippen LogP contribution is -2.29. The number of pyridine rings is 1. The molecule has 0 atom stereocenters. The first kappa shape index (κ1) is 21.1. The molecule has 1 heterocycles. The molecule has 0 unspecified atom stereocenters. The molecule has 0 spiro atoms. The number of nitrogens with one attached hydrogen (secondary N) is 1. The molecule has 0 saturated heterocycles. The number of carboxylic acid groups (broad SMARTS) is 1. The van der Waals surface area contributed by atoms with Crippen LogP contribution in [0.4, 0.5) is 0 Å². The SMILES string of the molecule is CC(C)(C)OC(=O)CCCOc1ccc2nccc(C(=O)NCC(=O)O)c2c1. The zero-order chi connectivity index (χ0) is 20.7. The van der Waals surface area contributed by atoms with Gasteiger partial charge in [-0.15, -0.1) is 0 Å². The van der Waals surface area contributed by atoms with Gasteiger partial charge in [-0.2, -0.15) is 0 Å². The number of aromatic nitrogens is 1. The second-order valence-electron chi connectivity index (χ2n) is 7.15. The monoisotopic (exact) mass is 388 g/mol. The summed E-state index contributed by atoms with van der Waals surface area (Å²) in [6.07, 6.45) is 2.22. The van der Waals surface area contributed by atoms with Crippen LogP contribution in [0.2, 0.25) is 0 Å². The summed E-state index contributed by atoms with van der Waals surface area (Å²) in [6.45, 7) is 5.28. The maximum Gasteiger partial charge on any atom is 0.322 e. The second-order valence-corrected chi connectivity index (χ2v) is 7.15. The summed E-state index contributed by atoms with van der Waals surface area (Å²) in [5.74, 6) is -1.38. The fourth-order valence-electron chi connectivity index (χ4n) is 2.46. The lowest BCUT2D eigenvalue weighted by molar-refractivity contribution is -0.155. The normalized spacial score (nSPS) is 11.1. The number of benzene rings is 1. The fraction of sp³-hybridized carbons (Fsp3) is 0.400. The van der Waals surface area contributed by atoms with Crippen molar-refractivity contribution in [2.75, 3.05) is 13.2 Å². The number of ether oxygens (including phenoxy) is 2. The number of nitrogens with zero attached hydrogens (tertiary/aromatic N) is 1. The third-order valence-corrected chi connectivity index (χ3v) is 3.57. The number of aliphatic carboxylic acids is 1. The Morgan fingerprint density at radius 1 is 1.18 bits per heavy atom. The van der Waals surface area contributed by atoms with Gasteiger partial charge in [0, 0.05) is 18.0 Å². The number of hydrogen-bond donors (Lipinski definition) is 2. The molecule has 28 heavy (non-hydrogen) atoms. The molecule has 0 aliphatic carbocycles. The van der Waals surface area contributed by atoms with Crippen LogP contribution in [0.5, 0.6) is 5.75 Å². The maximum atomic E-state index is 12.2. The molecule has 0 aliphatic rings. The van der Waals surface area contributed by atoms with Crippen molar-refractivity contribution in [1.82, 2.24) is 10.3 Å². The first-order valence-electron chi connectivity index (χ1n) is 8.89. The smallest absolute Gasteiger partial charge is 0.322 e. The quantitative estimate of drug-likeness (QED) is 0.527. The summed E-state index contributed by atoms with van der Waals surface area (Å²) in [4.78, 5) is 38.8. The standard InChI is InChI=1S/C20H24N2O6/c1-20(2,3)28-18(25)5-4-10-27-13-6-7-16-15(11-13)14(8-9-21-16)19(26)22-12-17(23)24/h6-9,11H,4-5,10,12H2,1-3H3,(H,22,26)(H,23,24). The van der Waals surface area contributed by atoms with Crippen LogP contribution in [0.3, 0.4) is 0 Å². The van der Waals surface area contributed by atoms with Gasteiger partial charge in [-0.1, -0.05) is 0 Å². The van der Waals surface area contributed by atoms with Crippen LogP contribution in [0.25, 0.3) is 10.9 Å². The third kappa shape index (κ3) is 6.53. The van der Waals surface area contributed by atoms with Gasteiger partial charge in [-0.05, 0) is 51.5 Å². The Balaban J connectivity index is 2.01. The minimum Gasteiger partial charge on any atom is -0.494 e. The van der Waals surface area contributed by atoms with E-state index in [0.717, 1.165) is 0 Å². The molecular formula is C20H24N2O6. The van der Waals surface area contributed by atoms with E-state index in [4.69, 9.17) is 14.6 Å². The lowest BCUT2D eigenvalue weighted by Gasteiger charge is -2.19. The van der Waals surface area contributed by atoms with Crippen LogP contribution in [0.15, 0.2) is 30.5 Å². The van der Waals surface area contributed by atoms with Crippen molar-refractivity contribution in [3.05, 3.63) is 36.0 Å². The highest BCUT2D eigenvalue weighted by atomic mass is 16.6. The predicted molar refractivity (Wildman–Crippen MR) is 102 cm³/mol. The Hall–Kier alpha value is -3.16. The molecule has 1 aromatic carbocycles. The molecule has 8 heteroatoms. The van der Waals surface area contributed by atoms with Gasteiger partial charge in [-0.3, -0.25) is 19.4 Å². The van der Waals surface area contributed by atoms with Crippen LogP contribution < -0.4 is 10.1 Å². The van der Waals surface area contributed by atoms with Crippen molar-refractivity contribution in [2.24, 2.45) is 0 Å². The molecule has 2 rings (SSSR count). The van der Waals surface area contributed by atoms with Gasteiger partial charge in [0.05, 0.1) is 17.7 Å². The van der Waals surface area contributed by atoms with Crippen LogP contribution in [-0.4, -0.2) is 46.7 Å². The number of carbonyl (C=O) groups is 3. The fourth-order valence-corrected chi connectivity index (χ4v) is 2.46. The summed E-state index contributed by atoms with van der Waals surface area (Å²) in [7, 11) is 0. The third-order valence-electron chi connectivity index (χ3n) is 3.57. The van der Waals surface area contributed by atoms with Gasteiger partial charge in [-0.25, -0.2) is 0 Å². The molecule has 8 nitrogen and oxygen atoms in total. The van der Waals surface area contributed by atoms with E-state index in [2.05, 4.69) is 10.3 Å². The number of carbonyl (C=O) groups excluding carboxylic acids is 2. The Morgan fingerprint density at radius 2 is 1.93 bits per heavy atom. The van der Waals surface area contributed by atoms with Gasteiger partial charge < -0.3 is 19.9 Å². The minimum absolute atomic E-state index is 0.245. The Morgan fingerprint density at radius 3 is 2.61 bits per heavy atom. The van der Waals surface area contributed by atoms with E-state index in [9.17, 15) is 14.4 Å². The van der Waals surface area contributed by atoms with Gasteiger partial charge in [0.15, 0.2) is 0 Å². The predicted octanol–water partition coefficient (Wildman–Crippen LogP) is 2.55. The highest BCUT2D eigenvalue weighted by Crippen LogP contribution is 2.23. The molecular weight excluding hydrogens is 364 g/mol.